The van der Waals surface area contributed by atoms with Gasteiger partial charge in [-0.05, 0) is 86.8 Å². The first-order valence-corrected chi connectivity index (χ1v) is 12.6. The lowest BCUT2D eigenvalue weighted by molar-refractivity contribution is -0.354. The molecular formula is C29H32N4O4. The van der Waals surface area contributed by atoms with E-state index in [4.69, 9.17) is 14.6 Å². The van der Waals surface area contributed by atoms with Crippen molar-refractivity contribution < 1.29 is 19.7 Å². The van der Waals surface area contributed by atoms with E-state index in [0.717, 1.165) is 35.2 Å². The Morgan fingerprint density at radius 2 is 2.03 bits per heavy atom. The number of carbonyl (C=O) groups excluding carboxylic acids is 1. The van der Waals surface area contributed by atoms with Gasteiger partial charge in [-0.15, -0.1) is 11.7 Å². The van der Waals surface area contributed by atoms with E-state index in [2.05, 4.69) is 49.5 Å². The molecule has 1 aromatic carbocycles. The average Bonchev–Trinajstić information content (AvgIpc) is 3.65. The molecule has 5 rings (SSSR count). The zero-order valence-corrected chi connectivity index (χ0v) is 21.7. The van der Waals surface area contributed by atoms with Crippen LogP contribution in [0.5, 0.6) is 5.88 Å². The molecule has 0 aliphatic heterocycles. The zero-order chi connectivity index (χ0) is 26.3. The Bertz CT molecular complexity index is 1440. The van der Waals surface area contributed by atoms with E-state index in [1.165, 1.54) is 5.56 Å². The van der Waals surface area contributed by atoms with Crippen LogP contribution in [0.15, 0.2) is 36.9 Å². The lowest BCUT2D eigenvalue weighted by Gasteiger charge is -2.43. The van der Waals surface area contributed by atoms with Crippen molar-refractivity contribution in [3.05, 3.63) is 53.6 Å². The number of anilines is 2. The van der Waals surface area contributed by atoms with Crippen LogP contribution in [0.3, 0.4) is 0 Å². The number of benzene rings is 1. The van der Waals surface area contributed by atoms with Gasteiger partial charge in [0.2, 0.25) is 0 Å². The van der Waals surface area contributed by atoms with Crippen LogP contribution in [0.25, 0.3) is 11.0 Å². The SMILES string of the molecule is C=CCC1(OO)CC(Oc2nn(C)c3ccc(N(C(=O)C#CC)c4cc(C)c(C)cc4C4CC4)nc23)C1. The normalized spacial score (nSPS) is 20.6. The van der Waals surface area contributed by atoms with E-state index in [-0.39, 0.29) is 12.0 Å². The van der Waals surface area contributed by atoms with Gasteiger partial charge in [0, 0.05) is 19.9 Å². The summed E-state index contributed by atoms with van der Waals surface area (Å²) in [4.78, 5) is 24.6. The quantitative estimate of drug-likeness (QED) is 0.190. The Labute approximate surface area is 216 Å². The molecule has 0 atom stereocenters. The van der Waals surface area contributed by atoms with Crippen LogP contribution in [-0.2, 0) is 16.7 Å². The van der Waals surface area contributed by atoms with Crippen molar-refractivity contribution in [3.8, 4) is 17.7 Å². The van der Waals surface area contributed by atoms with Crippen LogP contribution < -0.4 is 9.64 Å². The molecule has 0 saturated heterocycles. The number of fused-ring (bicyclic) bond motifs is 1. The number of aromatic nitrogens is 3. The third kappa shape index (κ3) is 4.61. The molecule has 37 heavy (non-hydrogen) atoms. The maximum Gasteiger partial charge on any atom is 0.308 e. The fourth-order valence-corrected chi connectivity index (χ4v) is 5.09. The van der Waals surface area contributed by atoms with E-state index in [1.807, 2.05) is 19.2 Å². The number of ether oxygens (including phenoxy) is 1. The van der Waals surface area contributed by atoms with Crippen LogP contribution in [0.1, 0.15) is 61.6 Å². The van der Waals surface area contributed by atoms with Crippen molar-refractivity contribution in [2.45, 2.75) is 70.5 Å². The van der Waals surface area contributed by atoms with Crippen molar-refractivity contribution in [2.75, 3.05) is 4.90 Å². The summed E-state index contributed by atoms with van der Waals surface area (Å²) in [7, 11) is 1.83. The Hall–Kier alpha value is -3.67. The number of aryl methyl sites for hydroxylation is 3. The predicted octanol–water partition coefficient (Wildman–Crippen LogP) is 5.50. The van der Waals surface area contributed by atoms with E-state index in [1.54, 1.807) is 22.6 Å². The van der Waals surface area contributed by atoms with E-state index in [9.17, 15) is 10.1 Å². The smallest absolute Gasteiger partial charge is 0.308 e. The first kappa shape index (κ1) is 25.0. The topological polar surface area (TPSA) is 89.7 Å². The van der Waals surface area contributed by atoms with Gasteiger partial charge in [-0.3, -0.25) is 19.6 Å². The predicted molar refractivity (Wildman–Crippen MR) is 142 cm³/mol. The maximum atomic E-state index is 13.4. The fourth-order valence-electron chi connectivity index (χ4n) is 5.09. The van der Waals surface area contributed by atoms with Gasteiger partial charge in [0.05, 0.1) is 11.2 Å². The number of rotatable bonds is 8. The highest BCUT2D eigenvalue weighted by Crippen LogP contribution is 2.47. The third-order valence-electron chi connectivity index (χ3n) is 7.40. The van der Waals surface area contributed by atoms with E-state index < -0.39 is 5.60 Å². The summed E-state index contributed by atoms with van der Waals surface area (Å²) >= 11 is 0. The molecule has 1 amide bonds. The largest absolute Gasteiger partial charge is 0.472 e. The number of hydrogen-bond acceptors (Lipinski definition) is 6. The average molecular weight is 501 g/mol. The summed E-state index contributed by atoms with van der Waals surface area (Å²) < 4.78 is 7.90. The molecule has 2 aliphatic carbocycles. The molecule has 2 fully saturated rings. The van der Waals surface area contributed by atoms with Crippen molar-refractivity contribution in [1.82, 2.24) is 14.8 Å². The van der Waals surface area contributed by atoms with Crippen LogP contribution in [-0.4, -0.2) is 37.6 Å². The fraction of sp³-hybridized carbons (Fsp3) is 0.414. The van der Waals surface area contributed by atoms with Gasteiger partial charge in [-0.1, -0.05) is 18.1 Å². The number of carbonyl (C=O) groups is 1. The first-order chi connectivity index (χ1) is 17.8. The molecule has 0 bridgehead atoms. The summed E-state index contributed by atoms with van der Waals surface area (Å²) in [5, 5.41) is 13.9. The number of hydrogen-bond donors (Lipinski definition) is 1. The second-order valence-electron chi connectivity index (χ2n) is 10.2. The Morgan fingerprint density at radius 1 is 1.30 bits per heavy atom. The summed E-state index contributed by atoms with van der Waals surface area (Å²) in [5.74, 6) is 6.40. The molecule has 0 radical (unpaired) electrons. The molecule has 0 spiro atoms. The van der Waals surface area contributed by atoms with Crippen LogP contribution in [0.4, 0.5) is 11.5 Å². The van der Waals surface area contributed by atoms with Crippen molar-refractivity contribution >= 4 is 28.4 Å². The van der Waals surface area contributed by atoms with Gasteiger partial charge in [-0.2, -0.15) is 0 Å². The summed E-state index contributed by atoms with van der Waals surface area (Å²) in [6.07, 6.45) is 5.31. The molecule has 3 aromatic rings. The van der Waals surface area contributed by atoms with Gasteiger partial charge >= 0.3 is 5.91 Å². The summed E-state index contributed by atoms with van der Waals surface area (Å²) in [6.45, 7) is 9.54. The van der Waals surface area contributed by atoms with Gasteiger partial charge in [0.25, 0.3) is 5.88 Å². The zero-order valence-electron chi connectivity index (χ0n) is 21.7. The summed E-state index contributed by atoms with van der Waals surface area (Å²) in [5.41, 5.74) is 4.95. The molecule has 8 nitrogen and oxygen atoms in total. The van der Waals surface area contributed by atoms with Crippen LogP contribution >= 0.6 is 0 Å². The maximum absolute atomic E-state index is 13.4. The van der Waals surface area contributed by atoms with Gasteiger partial charge < -0.3 is 4.74 Å². The molecular weight excluding hydrogens is 468 g/mol. The lowest BCUT2D eigenvalue weighted by atomic mass is 9.75. The molecule has 1 N–H and O–H groups in total. The molecule has 2 heterocycles. The minimum Gasteiger partial charge on any atom is -0.472 e. The molecule has 2 saturated carbocycles. The molecule has 8 heteroatoms. The molecule has 192 valence electrons. The summed E-state index contributed by atoms with van der Waals surface area (Å²) in [6, 6.07) is 7.98. The number of pyridine rings is 1. The van der Waals surface area contributed by atoms with Gasteiger partial charge in [0.15, 0.2) is 5.52 Å². The van der Waals surface area contributed by atoms with Gasteiger partial charge in [0.1, 0.15) is 17.5 Å². The lowest BCUT2D eigenvalue weighted by Crippen LogP contribution is -2.51. The highest BCUT2D eigenvalue weighted by molar-refractivity contribution is 6.11. The third-order valence-corrected chi connectivity index (χ3v) is 7.40. The van der Waals surface area contributed by atoms with Crippen LogP contribution in [0.2, 0.25) is 0 Å². The highest BCUT2D eigenvalue weighted by atomic mass is 17.1. The van der Waals surface area contributed by atoms with Crippen molar-refractivity contribution in [3.63, 3.8) is 0 Å². The van der Waals surface area contributed by atoms with Crippen LogP contribution in [0, 0.1) is 25.7 Å². The highest BCUT2D eigenvalue weighted by Gasteiger charge is 2.47. The molecule has 2 aromatic heterocycles. The van der Waals surface area contributed by atoms with E-state index >= 15 is 0 Å². The minimum absolute atomic E-state index is 0.180. The van der Waals surface area contributed by atoms with Crippen molar-refractivity contribution in [1.29, 1.82) is 0 Å². The number of nitrogens with zero attached hydrogens (tertiary/aromatic N) is 4. The standard InChI is InChI=1S/C29H32N4O4/c1-6-8-26(34)33(24-15-19(4)18(3)14-22(24)20-9-10-20)25-12-11-23-27(30-25)28(31-32(23)5)36-21-16-29(17-21,37-35)13-7-2/h7,11-12,14-15,20-21,35H,2,9-10,13,16-17H2,1,3-5H3. The Morgan fingerprint density at radius 3 is 2.68 bits per heavy atom. The molecule has 0 unspecified atom stereocenters. The second kappa shape index (κ2) is 9.66. The molecule has 2 aliphatic rings. The van der Waals surface area contributed by atoms with Crippen molar-refractivity contribution in [2.24, 2.45) is 7.05 Å². The first-order valence-electron chi connectivity index (χ1n) is 12.6. The van der Waals surface area contributed by atoms with E-state index in [0.29, 0.717) is 42.4 Å². The number of amides is 1. The second-order valence-corrected chi connectivity index (χ2v) is 10.2. The Balaban J connectivity index is 1.55. The monoisotopic (exact) mass is 500 g/mol. The minimum atomic E-state index is -0.667. The van der Waals surface area contributed by atoms with Gasteiger partial charge in [-0.25, -0.2) is 9.87 Å². The Kier molecular flexibility index (Phi) is 6.52.